The Kier molecular flexibility index (Phi) is 6.93. The summed E-state index contributed by atoms with van der Waals surface area (Å²) < 4.78 is 0. The van der Waals surface area contributed by atoms with Gasteiger partial charge in [-0.2, -0.15) is 0 Å². The van der Waals surface area contributed by atoms with Crippen molar-refractivity contribution >= 4 is 35.0 Å². The zero-order chi connectivity index (χ0) is 17.7. The molecule has 0 aliphatic carbocycles. The Morgan fingerprint density at radius 2 is 2.12 bits per heavy atom. The maximum atomic E-state index is 12.4. The molecule has 1 aliphatic rings. The average Bonchev–Trinajstić information content (AvgIpc) is 2.92. The molecule has 2 amide bonds. The van der Waals surface area contributed by atoms with E-state index in [4.69, 9.17) is 23.2 Å². The number of halogens is 2. The minimum absolute atomic E-state index is 0.0438. The van der Waals surface area contributed by atoms with Gasteiger partial charge >= 0.3 is 0 Å². The summed E-state index contributed by atoms with van der Waals surface area (Å²) in [6.45, 7) is 3.92. The van der Waals surface area contributed by atoms with E-state index in [1.165, 1.54) is 0 Å². The summed E-state index contributed by atoms with van der Waals surface area (Å²) in [6, 6.07) is 5.38. The maximum absolute atomic E-state index is 12.4. The molecule has 6 heteroatoms. The summed E-state index contributed by atoms with van der Waals surface area (Å²) in [4.78, 5) is 28.1. The molecule has 1 aromatic rings. The van der Waals surface area contributed by atoms with Gasteiger partial charge in [-0.15, -0.1) is 0 Å². The maximum Gasteiger partial charge on any atom is 0.227 e. The highest BCUT2D eigenvalue weighted by molar-refractivity contribution is 6.35. The van der Waals surface area contributed by atoms with E-state index in [1.54, 1.807) is 21.9 Å². The summed E-state index contributed by atoms with van der Waals surface area (Å²) in [7, 11) is 1.82. The van der Waals surface area contributed by atoms with Gasteiger partial charge in [-0.05, 0) is 30.5 Å². The summed E-state index contributed by atoms with van der Waals surface area (Å²) >= 11 is 12.1. The first-order valence-corrected chi connectivity index (χ1v) is 9.14. The van der Waals surface area contributed by atoms with Gasteiger partial charge in [-0.25, -0.2) is 0 Å². The molecule has 2 rings (SSSR count). The number of nitrogens with zero attached hydrogens (tertiary/aromatic N) is 2. The normalized spacial score (nSPS) is 17.4. The summed E-state index contributed by atoms with van der Waals surface area (Å²) in [5.41, 5.74) is 0.962. The standard InChI is InChI=1S/C18H24Cl2N2O2/c1-3-4-8-21(2)18(24)14-10-17(23)22(12-14)9-7-13-5-6-15(19)11-16(13)20/h5-6,11,14H,3-4,7-10,12H2,1-2H3. The lowest BCUT2D eigenvalue weighted by molar-refractivity contribution is -0.134. The molecule has 0 radical (unpaired) electrons. The second-order valence-corrected chi connectivity index (χ2v) is 7.18. The first-order valence-electron chi connectivity index (χ1n) is 8.39. The molecule has 1 saturated heterocycles. The largest absolute Gasteiger partial charge is 0.345 e. The number of carbonyl (C=O) groups is 2. The second kappa shape index (κ2) is 8.72. The van der Waals surface area contributed by atoms with Crippen LogP contribution in [0.2, 0.25) is 10.0 Å². The van der Waals surface area contributed by atoms with Crippen LogP contribution in [0, 0.1) is 5.92 Å². The molecule has 1 atom stereocenters. The van der Waals surface area contributed by atoms with Crippen LogP contribution in [-0.2, 0) is 16.0 Å². The minimum atomic E-state index is -0.222. The molecule has 0 N–H and O–H groups in total. The molecule has 1 aromatic carbocycles. The number of amides is 2. The number of carbonyl (C=O) groups excluding carboxylic acids is 2. The SMILES string of the molecule is CCCCN(C)C(=O)C1CC(=O)N(CCc2ccc(Cl)cc2Cl)C1. The molecule has 0 saturated carbocycles. The fourth-order valence-electron chi connectivity index (χ4n) is 2.95. The quantitative estimate of drug-likeness (QED) is 0.734. The molecule has 132 valence electrons. The van der Waals surface area contributed by atoms with Gasteiger partial charge in [0.05, 0.1) is 5.92 Å². The highest BCUT2D eigenvalue weighted by Gasteiger charge is 2.35. The van der Waals surface area contributed by atoms with E-state index in [0.717, 1.165) is 24.9 Å². The van der Waals surface area contributed by atoms with Gasteiger partial charge in [0.25, 0.3) is 0 Å². The molecular formula is C18H24Cl2N2O2. The van der Waals surface area contributed by atoms with Gasteiger partial charge < -0.3 is 9.80 Å². The first-order chi connectivity index (χ1) is 11.4. The first kappa shape index (κ1) is 19.1. The van der Waals surface area contributed by atoms with Crippen LogP contribution in [0.25, 0.3) is 0 Å². The van der Waals surface area contributed by atoms with Crippen LogP contribution < -0.4 is 0 Å². The molecule has 1 aliphatic heterocycles. The van der Waals surface area contributed by atoms with E-state index in [0.29, 0.717) is 36.0 Å². The van der Waals surface area contributed by atoms with Crippen molar-refractivity contribution in [2.75, 3.05) is 26.7 Å². The molecular weight excluding hydrogens is 347 g/mol. The molecule has 1 fully saturated rings. The van der Waals surface area contributed by atoms with Crippen molar-refractivity contribution in [3.8, 4) is 0 Å². The van der Waals surface area contributed by atoms with E-state index in [1.807, 2.05) is 13.1 Å². The number of unbranched alkanes of at least 4 members (excludes halogenated alkanes) is 1. The van der Waals surface area contributed by atoms with Crippen molar-refractivity contribution in [3.05, 3.63) is 33.8 Å². The number of rotatable bonds is 7. The van der Waals surface area contributed by atoms with E-state index >= 15 is 0 Å². The van der Waals surface area contributed by atoms with Gasteiger partial charge in [0.15, 0.2) is 0 Å². The Hall–Kier alpha value is -1.26. The zero-order valence-corrected chi connectivity index (χ0v) is 15.7. The van der Waals surface area contributed by atoms with Crippen LogP contribution in [-0.4, -0.2) is 48.3 Å². The molecule has 0 spiro atoms. The van der Waals surface area contributed by atoms with Crippen molar-refractivity contribution in [2.45, 2.75) is 32.6 Å². The van der Waals surface area contributed by atoms with Gasteiger partial charge in [0, 0.05) is 43.1 Å². The lowest BCUT2D eigenvalue weighted by Crippen LogP contribution is -2.35. The molecule has 24 heavy (non-hydrogen) atoms. The lowest BCUT2D eigenvalue weighted by atomic mass is 10.1. The summed E-state index contributed by atoms with van der Waals surface area (Å²) in [6.07, 6.45) is 3.01. The van der Waals surface area contributed by atoms with Crippen molar-refractivity contribution in [2.24, 2.45) is 5.92 Å². The number of hydrogen-bond donors (Lipinski definition) is 0. The fourth-order valence-corrected chi connectivity index (χ4v) is 3.45. The summed E-state index contributed by atoms with van der Waals surface area (Å²) in [5.74, 6) is -0.105. The van der Waals surface area contributed by atoms with Gasteiger partial charge in [-0.3, -0.25) is 9.59 Å². The Labute approximate surface area is 153 Å². The van der Waals surface area contributed by atoms with Crippen LogP contribution >= 0.6 is 23.2 Å². The van der Waals surface area contributed by atoms with Gasteiger partial charge in [0.2, 0.25) is 11.8 Å². The second-order valence-electron chi connectivity index (χ2n) is 6.34. The number of hydrogen-bond acceptors (Lipinski definition) is 2. The molecule has 1 unspecified atom stereocenters. The number of likely N-dealkylation sites (tertiary alicyclic amines) is 1. The van der Waals surface area contributed by atoms with E-state index in [2.05, 4.69) is 6.92 Å². The minimum Gasteiger partial charge on any atom is -0.345 e. The van der Waals surface area contributed by atoms with E-state index in [-0.39, 0.29) is 17.7 Å². The fraction of sp³-hybridized carbons (Fsp3) is 0.556. The van der Waals surface area contributed by atoms with Crippen LogP contribution in [0.1, 0.15) is 31.7 Å². The molecule has 0 bridgehead atoms. The highest BCUT2D eigenvalue weighted by Crippen LogP contribution is 2.24. The average molecular weight is 371 g/mol. The monoisotopic (exact) mass is 370 g/mol. The third-order valence-electron chi connectivity index (χ3n) is 4.45. The Balaban J connectivity index is 1.89. The predicted molar refractivity (Wildman–Crippen MR) is 97.4 cm³/mol. The van der Waals surface area contributed by atoms with E-state index in [9.17, 15) is 9.59 Å². The van der Waals surface area contributed by atoms with Crippen LogP contribution in [0.4, 0.5) is 0 Å². The van der Waals surface area contributed by atoms with Gasteiger partial charge in [0.1, 0.15) is 0 Å². The van der Waals surface area contributed by atoms with Crippen LogP contribution in [0.5, 0.6) is 0 Å². The highest BCUT2D eigenvalue weighted by atomic mass is 35.5. The molecule has 1 heterocycles. The van der Waals surface area contributed by atoms with Crippen molar-refractivity contribution in [3.63, 3.8) is 0 Å². The van der Waals surface area contributed by atoms with Crippen molar-refractivity contribution < 1.29 is 9.59 Å². The Morgan fingerprint density at radius 3 is 2.79 bits per heavy atom. The third-order valence-corrected chi connectivity index (χ3v) is 5.04. The topological polar surface area (TPSA) is 40.6 Å². The molecule has 0 aromatic heterocycles. The Bertz CT molecular complexity index is 607. The van der Waals surface area contributed by atoms with E-state index < -0.39 is 0 Å². The smallest absolute Gasteiger partial charge is 0.227 e. The lowest BCUT2D eigenvalue weighted by Gasteiger charge is -2.21. The van der Waals surface area contributed by atoms with Crippen molar-refractivity contribution in [1.29, 1.82) is 0 Å². The Morgan fingerprint density at radius 1 is 1.38 bits per heavy atom. The third kappa shape index (κ3) is 4.87. The number of benzene rings is 1. The van der Waals surface area contributed by atoms with Crippen LogP contribution in [0.15, 0.2) is 18.2 Å². The zero-order valence-electron chi connectivity index (χ0n) is 14.2. The molecule has 4 nitrogen and oxygen atoms in total. The predicted octanol–water partition coefficient (Wildman–Crippen LogP) is 3.64. The van der Waals surface area contributed by atoms with Crippen LogP contribution in [0.3, 0.4) is 0 Å². The summed E-state index contributed by atoms with van der Waals surface area (Å²) in [5, 5.41) is 1.21. The van der Waals surface area contributed by atoms with Crippen molar-refractivity contribution in [1.82, 2.24) is 9.80 Å². The van der Waals surface area contributed by atoms with Gasteiger partial charge in [-0.1, -0.05) is 42.6 Å².